The molecule has 0 aliphatic heterocycles. The lowest BCUT2D eigenvalue weighted by molar-refractivity contribution is 0.669. The summed E-state index contributed by atoms with van der Waals surface area (Å²) in [6.45, 7) is 0. The van der Waals surface area contributed by atoms with Crippen LogP contribution in [0.25, 0.3) is 144 Å². The van der Waals surface area contributed by atoms with Crippen molar-refractivity contribution in [1.82, 2.24) is 9.13 Å². The molecule has 0 unspecified atom stereocenters. The molecule has 504 valence electrons. The van der Waals surface area contributed by atoms with E-state index < -0.39 is 0 Å². The standard InChI is InChI=1S/C54H36N2O.C48H34N2/c1-4-12-37(13-5-1)38-20-27-45(28-21-38)55(43-14-6-2-7-15-43)46-29-22-39(23-30-46)40-24-31-51-48(34-40)49-35-41(25-32-52(49)56(51)44-16-8-3-9-17-44)42-26-33-54-50(36-42)47-18-10-11-19-53(47)57-54;1-4-13-35(14-5-1)37-23-28-42(29-24-37)49(44-20-12-17-39(33-44)36-15-6-2-7-16-36)43-30-25-38(26-31-43)40-27-32-48-46(34-40)45-21-10-11-22-47(45)50(48)41-18-8-3-9-19-41/h1-36H;1-34H. The minimum absolute atomic E-state index is 0.908. The molecule has 20 rings (SSSR count). The number of rotatable bonds is 14. The topological polar surface area (TPSA) is 29.5 Å². The summed E-state index contributed by atoms with van der Waals surface area (Å²) in [5.41, 5.74) is 29.9. The molecular weight excluding hydrogens is 1300 g/mol. The molecule has 20 aromatic rings. The average molecular weight is 1370 g/mol. The first-order chi connectivity index (χ1) is 53.0. The predicted molar refractivity (Wildman–Crippen MR) is 451 cm³/mol. The molecule has 3 aromatic heterocycles. The van der Waals surface area contributed by atoms with Crippen LogP contribution >= 0.6 is 0 Å². The summed E-state index contributed by atoms with van der Waals surface area (Å²) >= 11 is 0. The van der Waals surface area contributed by atoms with Gasteiger partial charge in [0.1, 0.15) is 11.2 Å². The van der Waals surface area contributed by atoms with Gasteiger partial charge in [-0.1, -0.05) is 267 Å². The van der Waals surface area contributed by atoms with E-state index in [9.17, 15) is 0 Å². The normalized spacial score (nSPS) is 11.4. The zero-order chi connectivity index (χ0) is 71.0. The molecule has 0 N–H and O–H groups in total. The molecular formula is C102H70N4O. The minimum Gasteiger partial charge on any atom is -0.456 e. The monoisotopic (exact) mass is 1370 g/mol. The van der Waals surface area contributed by atoms with Crippen molar-refractivity contribution in [2.45, 2.75) is 0 Å². The number of aromatic nitrogens is 2. The molecule has 17 aromatic carbocycles. The summed E-state index contributed by atoms with van der Waals surface area (Å²) in [5.74, 6) is 0. The van der Waals surface area contributed by atoms with Crippen LogP contribution in [0.15, 0.2) is 429 Å². The molecule has 5 heteroatoms. The molecule has 5 nitrogen and oxygen atoms in total. The van der Waals surface area contributed by atoms with Crippen molar-refractivity contribution in [1.29, 1.82) is 0 Å². The van der Waals surface area contributed by atoms with Gasteiger partial charge in [-0.05, 0) is 224 Å². The van der Waals surface area contributed by atoms with Crippen LogP contribution in [0, 0.1) is 0 Å². The number of furan rings is 1. The SMILES string of the molecule is c1ccc(-c2ccc(N(c3ccc(-c4ccc5c(c4)c4ccccc4n5-c4ccccc4)cc3)c3cccc(-c4ccccc4)c3)cc2)cc1.c1ccc(-c2ccc(N(c3ccccc3)c3ccc(-c4ccc5c(c4)c4cc(-c6ccc7oc8ccccc8c7c6)ccc4n5-c4ccccc4)cc3)cc2)cc1. The van der Waals surface area contributed by atoms with Crippen LogP contribution in [0.4, 0.5) is 34.1 Å². The molecule has 0 saturated heterocycles. The van der Waals surface area contributed by atoms with E-state index in [0.29, 0.717) is 0 Å². The Morgan fingerprint density at radius 2 is 0.430 bits per heavy atom. The van der Waals surface area contributed by atoms with Crippen molar-refractivity contribution >= 4 is 99.7 Å². The van der Waals surface area contributed by atoms with Crippen LogP contribution in [0.1, 0.15) is 0 Å². The minimum atomic E-state index is 0.908. The molecule has 0 bridgehead atoms. The third-order valence-corrected chi connectivity index (χ3v) is 20.8. The predicted octanol–water partition coefficient (Wildman–Crippen LogP) is 28.4. The lowest BCUT2D eigenvalue weighted by Crippen LogP contribution is -2.10. The van der Waals surface area contributed by atoms with Crippen molar-refractivity contribution in [2.24, 2.45) is 0 Å². The second-order valence-electron chi connectivity index (χ2n) is 27.2. The number of anilines is 6. The maximum atomic E-state index is 6.16. The van der Waals surface area contributed by atoms with Gasteiger partial charge in [0.05, 0.1) is 22.1 Å². The van der Waals surface area contributed by atoms with Crippen molar-refractivity contribution in [3.05, 3.63) is 425 Å². The lowest BCUT2D eigenvalue weighted by atomic mass is 9.99. The van der Waals surface area contributed by atoms with E-state index in [4.69, 9.17) is 4.42 Å². The van der Waals surface area contributed by atoms with E-state index in [1.165, 1.54) is 116 Å². The fourth-order valence-corrected chi connectivity index (χ4v) is 15.6. The first-order valence-electron chi connectivity index (χ1n) is 36.5. The smallest absolute Gasteiger partial charge is 0.135 e. The molecule has 0 radical (unpaired) electrons. The number of benzene rings is 17. The van der Waals surface area contributed by atoms with E-state index >= 15 is 0 Å². The molecule has 0 fully saturated rings. The molecule has 0 spiro atoms. The van der Waals surface area contributed by atoms with E-state index in [0.717, 1.165) is 61.8 Å². The van der Waals surface area contributed by atoms with Crippen molar-refractivity contribution < 1.29 is 4.42 Å². The van der Waals surface area contributed by atoms with Gasteiger partial charge in [0, 0.05) is 77.8 Å². The van der Waals surface area contributed by atoms with E-state index in [-0.39, 0.29) is 0 Å². The Hall–Kier alpha value is -14.3. The summed E-state index contributed by atoms with van der Waals surface area (Å²) in [6, 6.07) is 152. The summed E-state index contributed by atoms with van der Waals surface area (Å²) in [6.07, 6.45) is 0. The zero-order valence-corrected chi connectivity index (χ0v) is 58.6. The highest BCUT2D eigenvalue weighted by Crippen LogP contribution is 2.44. The Morgan fingerprint density at radius 1 is 0.159 bits per heavy atom. The van der Waals surface area contributed by atoms with Gasteiger partial charge in [-0.25, -0.2) is 0 Å². The number of hydrogen-bond donors (Lipinski definition) is 0. The lowest BCUT2D eigenvalue weighted by Gasteiger charge is -2.26. The first kappa shape index (κ1) is 63.6. The molecule has 0 aliphatic rings. The van der Waals surface area contributed by atoms with Crippen molar-refractivity contribution in [3.8, 4) is 78.1 Å². The molecule has 0 amide bonds. The number of para-hydroxylation sites is 5. The molecule has 107 heavy (non-hydrogen) atoms. The van der Waals surface area contributed by atoms with Crippen LogP contribution in [-0.4, -0.2) is 9.13 Å². The second kappa shape index (κ2) is 27.8. The maximum Gasteiger partial charge on any atom is 0.135 e. The average Bonchev–Trinajstić information content (AvgIpc) is 1.60. The van der Waals surface area contributed by atoms with Gasteiger partial charge in [-0.3, -0.25) is 0 Å². The van der Waals surface area contributed by atoms with Crippen molar-refractivity contribution in [3.63, 3.8) is 0 Å². The van der Waals surface area contributed by atoms with Crippen LogP contribution in [0.2, 0.25) is 0 Å². The Morgan fingerprint density at radius 3 is 0.897 bits per heavy atom. The summed E-state index contributed by atoms with van der Waals surface area (Å²) in [5, 5.41) is 7.22. The third-order valence-electron chi connectivity index (χ3n) is 20.8. The Balaban J connectivity index is 0.000000147. The summed E-state index contributed by atoms with van der Waals surface area (Å²) in [4.78, 5) is 4.67. The van der Waals surface area contributed by atoms with Gasteiger partial charge in [0.15, 0.2) is 0 Å². The molecule has 3 heterocycles. The molecule has 0 saturated carbocycles. The van der Waals surface area contributed by atoms with Crippen molar-refractivity contribution in [2.75, 3.05) is 9.80 Å². The quantitative estimate of drug-likeness (QED) is 0.109. The van der Waals surface area contributed by atoms with Crippen LogP contribution in [0.3, 0.4) is 0 Å². The highest BCUT2D eigenvalue weighted by Gasteiger charge is 2.21. The number of nitrogens with zero attached hydrogens (tertiary/aromatic N) is 4. The third kappa shape index (κ3) is 12.2. The second-order valence-corrected chi connectivity index (χ2v) is 27.2. The highest BCUT2D eigenvalue weighted by molar-refractivity contribution is 6.13. The Labute approximate surface area is 621 Å². The highest BCUT2D eigenvalue weighted by atomic mass is 16.3. The van der Waals surface area contributed by atoms with Gasteiger partial charge >= 0.3 is 0 Å². The van der Waals surface area contributed by atoms with E-state index in [1.54, 1.807) is 0 Å². The van der Waals surface area contributed by atoms with Crippen LogP contribution < -0.4 is 9.80 Å². The van der Waals surface area contributed by atoms with E-state index in [2.05, 4.69) is 431 Å². The van der Waals surface area contributed by atoms with Gasteiger partial charge < -0.3 is 23.4 Å². The number of fused-ring (bicyclic) bond motifs is 9. The maximum absolute atomic E-state index is 6.16. The van der Waals surface area contributed by atoms with Gasteiger partial charge in [-0.15, -0.1) is 0 Å². The Kier molecular flexibility index (Phi) is 16.6. The van der Waals surface area contributed by atoms with Crippen LogP contribution in [-0.2, 0) is 0 Å². The number of hydrogen-bond acceptors (Lipinski definition) is 3. The van der Waals surface area contributed by atoms with Gasteiger partial charge in [-0.2, -0.15) is 0 Å². The molecule has 0 aliphatic carbocycles. The zero-order valence-electron chi connectivity index (χ0n) is 58.6. The largest absolute Gasteiger partial charge is 0.456 e. The molecule has 0 atom stereocenters. The van der Waals surface area contributed by atoms with Crippen LogP contribution in [0.5, 0.6) is 0 Å². The van der Waals surface area contributed by atoms with Gasteiger partial charge in [0.25, 0.3) is 0 Å². The summed E-state index contributed by atoms with van der Waals surface area (Å²) in [7, 11) is 0. The van der Waals surface area contributed by atoms with E-state index in [1.807, 2.05) is 12.1 Å². The Bertz CT molecular complexity index is 6550. The van der Waals surface area contributed by atoms with Gasteiger partial charge in [0.2, 0.25) is 0 Å². The summed E-state index contributed by atoms with van der Waals surface area (Å²) < 4.78 is 10.9. The fraction of sp³-hybridized carbons (Fsp3) is 0. The first-order valence-corrected chi connectivity index (χ1v) is 36.5. The fourth-order valence-electron chi connectivity index (χ4n) is 15.6.